The number of pyridine rings is 1. The minimum Gasteiger partial charge on any atom is -0.495 e. The van der Waals surface area contributed by atoms with Gasteiger partial charge in [-0.05, 0) is 42.3 Å². The van der Waals surface area contributed by atoms with E-state index in [9.17, 15) is 0 Å². The van der Waals surface area contributed by atoms with Gasteiger partial charge in [0.15, 0.2) is 5.82 Å². The second-order valence-electron chi connectivity index (χ2n) is 5.20. The number of anilines is 3. The summed E-state index contributed by atoms with van der Waals surface area (Å²) in [5.74, 6) is 1.78. The molecule has 0 spiro atoms. The molecule has 3 rings (SSSR count). The first-order valence-corrected chi connectivity index (χ1v) is 7.49. The maximum Gasteiger partial charge on any atom is 0.244 e. The van der Waals surface area contributed by atoms with Crippen LogP contribution in [-0.4, -0.2) is 27.3 Å². The molecule has 0 unspecified atom stereocenters. The van der Waals surface area contributed by atoms with Gasteiger partial charge in [0.05, 0.1) is 19.0 Å². The molecule has 0 amide bonds. The van der Waals surface area contributed by atoms with Crippen LogP contribution in [0.25, 0.3) is 0 Å². The van der Waals surface area contributed by atoms with E-state index in [1.165, 1.54) is 0 Å². The number of methoxy groups -OCH3 is 1. The second-order valence-corrected chi connectivity index (χ2v) is 5.20. The number of hydrogen-bond donors (Lipinski definition) is 2. The lowest BCUT2D eigenvalue weighted by Crippen LogP contribution is -2.06. The number of hydrogen-bond acceptors (Lipinski definition) is 7. The van der Waals surface area contributed by atoms with Crippen LogP contribution in [0.2, 0.25) is 0 Å². The van der Waals surface area contributed by atoms with E-state index in [-0.39, 0.29) is 0 Å². The highest BCUT2D eigenvalue weighted by Crippen LogP contribution is 2.27. The predicted octanol–water partition coefficient (Wildman–Crippen LogP) is 2.94. The second kappa shape index (κ2) is 7.36. The van der Waals surface area contributed by atoms with Crippen LogP contribution < -0.4 is 15.4 Å². The fourth-order valence-corrected chi connectivity index (χ4v) is 2.18. The van der Waals surface area contributed by atoms with Crippen molar-refractivity contribution in [3.63, 3.8) is 0 Å². The molecule has 122 valence electrons. The highest BCUT2D eigenvalue weighted by Gasteiger charge is 2.06. The Kier molecular flexibility index (Phi) is 4.81. The summed E-state index contributed by atoms with van der Waals surface area (Å²) in [5, 5.41) is 14.3. The molecular formula is C17H18N6O. The summed E-state index contributed by atoms with van der Waals surface area (Å²) < 4.78 is 5.36. The van der Waals surface area contributed by atoms with Gasteiger partial charge in [0.25, 0.3) is 0 Å². The van der Waals surface area contributed by atoms with Crippen LogP contribution in [0.15, 0.2) is 48.9 Å². The molecule has 7 heteroatoms. The van der Waals surface area contributed by atoms with Gasteiger partial charge < -0.3 is 15.4 Å². The van der Waals surface area contributed by atoms with Crippen LogP contribution in [0.4, 0.5) is 17.5 Å². The lowest BCUT2D eigenvalue weighted by atomic mass is 10.2. The van der Waals surface area contributed by atoms with Crippen molar-refractivity contribution in [3.05, 3.63) is 60.0 Å². The van der Waals surface area contributed by atoms with Crippen molar-refractivity contribution in [2.45, 2.75) is 13.5 Å². The Morgan fingerprint density at radius 1 is 1.12 bits per heavy atom. The van der Waals surface area contributed by atoms with Gasteiger partial charge in [0.2, 0.25) is 5.95 Å². The van der Waals surface area contributed by atoms with Crippen molar-refractivity contribution in [1.82, 2.24) is 20.2 Å². The Morgan fingerprint density at radius 2 is 1.96 bits per heavy atom. The minimum atomic E-state index is 0.448. The molecule has 24 heavy (non-hydrogen) atoms. The van der Waals surface area contributed by atoms with Crippen LogP contribution in [-0.2, 0) is 6.54 Å². The molecule has 0 radical (unpaired) electrons. The Labute approximate surface area is 140 Å². The monoisotopic (exact) mass is 322 g/mol. The molecule has 0 fully saturated rings. The molecule has 0 aliphatic carbocycles. The Bertz CT molecular complexity index is 809. The highest BCUT2D eigenvalue weighted by molar-refractivity contribution is 5.65. The lowest BCUT2D eigenvalue weighted by molar-refractivity contribution is 0.416. The first-order chi connectivity index (χ1) is 11.7. The van der Waals surface area contributed by atoms with Crippen molar-refractivity contribution < 1.29 is 4.74 Å². The summed E-state index contributed by atoms with van der Waals surface area (Å²) in [4.78, 5) is 8.41. The SMILES string of the molecule is COc1ccc(C)cc1Nc1cnnc(NCc2ccncc2)n1. The highest BCUT2D eigenvalue weighted by atomic mass is 16.5. The molecule has 0 saturated heterocycles. The first-order valence-electron chi connectivity index (χ1n) is 7.49. The van der Waals surface area contributed by atoms with Crippen molar-refractivity contribution in [1.29, 1.82) is 0 Å². The van der Waals surface area contributed by atoms with E-state index in [4.69, 9.17) is 4.74 Å². The molecule has 2 heterocycles. The fraction of sp³-hybridized carbons (Fsp3) is 0.176. The molecule has 1 aromatic carbocycles. The largest absolute Gasteiger partial charge is 0.495 e. The number of benzene rings is 1. The zero-order valence-corrected chi connectivity index (χ0v) is 13.5. The molecular weight excluding hydrogens is 304 g/mol. The molecule has 7 nitrogen and oxygen atoms in total. The van der Waals surface area contributed by atoms with Crippen molar-refractivity contribution >= 4 is 17.5 Å². The molecule has 0 aliphatic heterocycles. The van der Waals surface area contributed by atoms with E-state index in [0.717, 1.165) is 22.6 Å². The summed E-state index contributed by atoms with van der Waals surface area (Å²) in [6.07, 6.45) is 5.07. The Hall–Kier alpha value is -3.22. The van der Waals surface area contributed by atoms with Gasteiger partial charge in [-0.1, -0.05) is 6.07 Å². The topological polar surface area (TPSA) is 84.9 Å². The van der Waals surface area contributed by atoms with E-state index in [2.05, 4.69) is 30.8 Å². The molecule has 0 saturated carbocycles. The van der Waals surface area contributed by atoms with Crippen LogP contribution in [0.1, 0.15) is 11.1 Å². The molecule has 2 N–H and O–H groups in total. The third-order valence-electron chi connectivity index (χ3n) is 3.38. The lowest BCUT2D eigenvalue weighted by Gasteiger charge is -2.11. The third kappa shape index (κ3) is 3.95. The quantitative estimate of drug-likeness (QED) is 0.721. The number of aryl methyl sites for hydroxylation is 1. The van der Waals surface area contributed by atoms with Crippen LogP contribution in [0.3, 0.4) is 0 Å². The third-order valence-corrected chi connectivity index (χ3v) is 3.38. The van der Waals surface area contributed by atoms with E-state index in [1.807, 2.05) is 37.3 Å². The van der Waals surface area contributed by atoms with Crippen LogP contribution in [0.5, 0.6) is 5.75 Å². The smallest absolute Gasteiger partial charge is 0.244 e. The van der Waals surface area contributed by atoms with E-state index >= 15 is 0 Å². The van der Waals surface area contributed by atoms with E-state index in [1.54, 1.807) is 25.7 Å². The van der Waals surface area contributed by atoms with Crippen LogP contribution >= 0.6 is 0 Å². The molecule has 0 aliphatic rings. The van der Waals surface area contributed by atoms with Crippen LogP contribution in [0, 0.1) is 6.92 Å². The van der Waals surface area contributed by atoms with Gasteiger partial charge in [-0.3, -0.25) is 4.98 Å². The molecule has 0 atom stereocenters. The van der Waals surface area contributed by atoms with Gasteiger partial charge in [-0.15, -0.1) is 5.10 Å². The summed E-state index contributed by atoms with van der Waals surface area (Å²) in [5.41, 5.74) is 3.04. The summed E-state index contributed by atoms with van der Waals surface area (Å²) in [7, 11) is 1.63. The zero-order chi connectivity index (χ0) is 16.8. The van der Waals surface area contributed by atoms with Gasteiger partial charge in [-0.2, -0.15) is 10.1 Å². The standard InChI is InChI=1S/C17H18N6O/c1-12-3-4-15(24-2)14(9-12)21-16-11-20-23-17(22-16)19-10-13-5-7-18-8-6-13/h3-9,11H,10H2,1-2H3,(H2,19,21,22,23). The van der Waals surface area contributed by atoms with Crippen molar-refractivity contribution in [2.24, 2.45) is 0 Å². The zero-order valence-electron chi connectivity index (χ0n) is 13.5. The van der Waals surface area contributed by atoms with Gasteiger partial charge in [0.1, 0.15) is 5.75 Å². The average Bonchev–Trinajstić information content (AvgIpc) is 2.61. The summed E-state index contributed by atoms with van der Waals surface area (Å²) >= 11 is 0. The summed E-state index contributed by atoms with van der Waals surface area (Å²) in [6, 6.07) is 9.75. The van der Waals surface area contributed by atoms with Gasteiger partial charge >= 0.3 is 0 Å². The maximum atomic E-state index is 5.36. The average molecular weight is 322 g/mol. The van der Waals surface area contributed by atoms with Gasteiger partial charge in [-0.25, -0.2) is 0 Å². The Morgan fingerprint density at radius 3 is 2.75 bits per heavy atom. The number of nitrogens with zero attached hydrogens (tertiary/aromatic N) is 4. The normalized spacial score (nSPS) is 10.2. The van der Waals surface area contributed by atoms with Crippen molar-refractivity contribution in [3.8, 4) is 5.75 Å². The minimum absolute atomic E-state index is 0.448. The van der Waals surface area contributed by atoms with E-state index < -0.39 is 0 Å². The Balaban J connectivity index is 1.72. The maximum absolute atomic E-state index is 5.36. The molecule has 3 aromatic rings. The molecule has 0 bridgehead atoms. The predicted molar refractivity (Wildman–Crippen MR) is 92.4 cm³/mol. The fourth-order valence-electron chi connectivity index (χ4n) is 2.18. The molecule has 2 aromatic heterocycles. The number of ether oxygens (including phenoxy) is 1. The van der Waals surface area contributed by atoms with E-state index in [0.29, 0.717) is 18.3 Å². The van der Waals surface area contributed by atoms with Gasteiger partial charge in [0, 0.05) is 18.9 Å². The summed E-state index contributed by atoms with van der Waals surface area (Å²) in [6.45, 7) is 2.62. The first kappa shape index (κ1) is 15.7. The van der Waals surface area contributed by atoms with Crippen molar-refractivity contribution in [2.75, 3.05) is 17.7 Å². The number of aromatic nitrogens is 4. The number of nitrogens with one attached hydrogen (secondary N) is 2. The number of rotatable bonds is 6.